The van der Waals surface area contributed by atoms with Crippen LogP contribution in [0.5, 0.6) is 0 Å². The average molecular weight is 467 g/mol. The Balaban J connectivity index is 1.64. The smallest absolute Gasteiger partial charge is 0.196 e. The minimum absolute atomic E-state index is 0.140. The SMILES string of the molecule is O=C(c1ccc2ncc(-c3ccncc3)nc2c1)c1cc(CCCNS(=O)[O-])cc(F)c1F. The molecule has 168 valence electrons. The number of nitrogens with one attached hydrogen (secondary N) is 1. The number of nitrogens with zero attached hydrogens (tertiary/aromatic N) is 3. The van der Waals surface area contributed by atoms with Crippen LogP contribution < -0.4 is 4.72 Å². The van der Waals surface area contributed by atoms with Crippen molar-refractivity contribution in [1.82, 2.24) is 19.7 Å². The number of hydrogen-bond donors (Lipinski definition) is 1. The van der Waals surface area contributed by atoms with Gasteiger partial charge in [0.25, 0.3) is 0 Å². The summed E-state index contributed by atoms with van der Waals surface area (Å²) in [6, 6.07) is 10.4. The zero-order valence-corrected chi connectivity index (χ0v) is 17.9. The number of hydrogen-bond acceptors (Lipinski definition) is 6. The van der Waals surface area contributed by atoms with Crippen molar-refractivity contribution in [3.63, 3.8) is 0 Å². The van der Waals surface area contributed by atoms with Crippen molar-refractivity contribution in [1.29, 1.82) is 0 Å². The van der Waals surface area contributed by atoms with Gasteiger partial charge in [-0.05, 0) is 60.9 Å². The van der Waals surface area contributed by atoms with Gasteiger partial charge in [-0.1, -0.05) is 0 Å². The Morgan fingerprint density at radius 2 is 1.85 bits per heavy atom. The predicted octanol–water partition coefficient (Wildman–Crippen LogP) is 3.52. The Morgan fingerprint density at radius 1 is 1.06 bits per heavy atom. The second kappa shape index (κ2) is 9.99. The highest BCUT2D eigenvalue weighted by molar-refractivity contribution is 7.77. The number of benzene rings is 2. The first-order chi connectivity index (χ1) is 15.9. The maximum atomic E-state index is 14.5. The lowest BCUT2D eigenvalue weighted by atomic mass is 9.98. The molecule has 0 spiro atoms. The van der Waals surface area contributed by atoms with E-state index >= 15 is 0 Å². The van der Waals surface area contributed by atoms with Crippen molar-refractivity contribution in [3.05, 3.63) is 89.4 Å². The van der Waals surface area contributed by atoms with E-state index < -0.39 is 34.2 Å². The lowest BCUT2D eigenvalue weighted by molar-refractivity contribution is 0.103. The predicted molar refractivity (Wildman–Crippen MR) is 118 cm³/mol. The Morgan fingerprint density at radius 3 is 2.61 bits per heavy atom. The third-order valence-electron chi connectivity index (χ3n) is 4.98. The summed E-state index contributed by atoms with van der Waals surface area (Å²) in [5.74, 6) is -3.07. The molecule has 10 heteroatoms. The number of carbonyl (C=O) groups excluding carboxylic acids is 1. The van der Waals surface area contributed by atoms with Gasteiger partial charge in [-0.15, -0.1) is 0 Å². The summed E-state index contributed by atoms with van der Waals surface area (Å²) in [5, 5.41) is 0. The molecule has 2 heterocycles. The molecule has 0 saturated heterocycles. The average Bonchev–Trinajstić information content (AvgIpc) is 2.83. The number of aryl methyl sites for hydroxylation is 1. The zero-order valence-electron chi connectivity index (χ0n) is 17.1. The van der Waals surface area contributed by atoms with Gasteiger partial charge in [0.05, 0.1) is 28.5 Å². The summed E-state index contributed by atoms with van der Waals surface area (Å²) < 4.78 is 51.9. The van der Waals surface area contributed by atoms with Crippen LogP contribution in [0.3, 0.4) is 0 Å². The van der Waals surface area contributed by atoms with Crippen LogP contribution in [-0.2, 0) is 17.7 Å². The molecule has 0 amide bonds. The van der Waals surface area contributed by atoms with E-state index in [1.807, 2.05) is 0 Å². The van der Waals surface area contributed by atoms with Gasteiger partial charge < -0.3 is 4.55 Å². The van der Waals surface area contributed by atoms with Crippen LogP contribution in [-0.4, -0.2) is 36.0 Å². The lowest BCUT2D eigenvalue weighted by Gasteiger charge is -2.10. The largest absolute Gasteiger partial charge is 0.760 e. The highest BCUT2D eigenvalue weighted by Gasteiger charge is 2.19. The Kier molecular flexibility index (Phi) is 6.87. The fourth-order valence-corrected chi connectivity index (χ4v) is 3.68. The van der Waals surface area contributed by atoms with E-state index in [2.05, 4.69) is 19.7 Å². The van der Waals surface area contributed by atoms with Crippen LogP contribution in [0.2, 0.25) is 0 Å². The number of aromatic nitrogens is 3. The molecule has 0 bridgehead atoms. The van der Waals surface area contributed by atoms with Gasteiger partial charge >= 0.3 is 0 Å². The molecule has 1 N–H and O–H groups in total. The Labute approximate surface area is 190 Å². The van der Waals surface area contributed by atoms with Gasteiger partial charge in [0.1, 0.15) is 0 Å². The lowest BCUT2D eigenvalue weighted by Crippen LogP contribution is -2.18. The van der Waals surface area contributed by atoms with Gasteiger partial charge in [0, 0.05) is 41.3 Å². The first-order valence-corrected chi connectivity index (χ1v) is 11.0. The van der Waals surface area contributed by atoms with E-state index in [1.165, 1.54) is 18.2 Å². The van der Waals surface area contributed by atoms with Crippen molar-refractivity contribution < 1.29 is 22.3 Å². The third kappa shape index (κ3) is 5.30. The third-order valence-corrected chi connectivity index (χ3v) is 5.42. The van der Waals surface area contributed by atoms with Gasteiger partial charge in [-0.3, -0.25) is 19.0 Å². The fraction of sp³-hybridized carbons (Fsp3) is 0.130. The quantitative estimate of drug-likeness (QED) is 0.241. The summed E-state index contributed by atoms with van der Waals surface area (Å²) in [4.78, 5) is 25.9. The van der Waals surface area contributed by atoms with Gasteiger partial charge in [-0.2, -0.15) is 0 Å². The number of fused-ring (bicyclic) bond motifs is 1. The van der Waals surface area contributed by atoms with Crippen molar-refractivity contribution in [2.45, 2.75) is 12.8 Å². The fourth-order valence-electron chi connectivity index (χ4n) is 3.37. The maximum absolute atomic E-state index is 14.5. The summed E-state index contributed by atoms with van der Waals surface area (Å²) >= 11 is -2.40. The molecule has 0 aliphatic heterocycles. The monoisotopic (exact) mass is 467 g/mol. The maximum Gasteiger partial charge on any atom is 0.196 e. The molecule has 0 aliphatic carbocycles. The first-order valence-electron chi connectivity index (χ1n) is 9.95. The van der Waals surface area contributed by atoms with Crippen LogP contribution in [0, 0.1) is 11.6 Å². The summed E-state index contributed by atoms with van der Waals surface area (Å²) in [7, 11) is 0. The van der Waals surface area contributed by atoms with E-state index in [9.17, 15) is 22.3 Å². The number of halogens is 2. The number of ketones is 1. The van der Waals surface area contributed by atoms with Crippen LogP contribution in [0.1, 0.15) is 27.9 Å². The zero-order chi connectivity index (χ0) is 23.4. The van der Waals surface area contributed by atoms with E-state index in [0.29, 0.717) is 28.7 Å². The molecule has 0 aliphatic rings. The second-order valence-electron chi connectivity index (χ2n) is 7.20. The number of pyridine rings is 1. The van der Waals surface area contributed by atoms with Crippen LogP contribution in [0.15, 0.2) is 61.1 Å². The minimum Gasteiger partial charge on any atom is -0.760 e. The molecule has 0 fully saturated rings. The standard InChI is InChI=1S/C23H18F2N4O3S/c24-18-11-14(2-1-7-28-33(31)32)10-17(22(18)25)23(30)16-3-4-19-20(12-16)29-21(13-27-19)15-5-8-26-9-6-15/h3-6,8-13,28H,1-2,7H2,(H,31,32)/p-1. The minimum atomic E-state index is -2.40. The van der Waals surface area contributed by atoms with Crippen LogP contribution >= 0.6 is 0 Å². The van der Waals surface area contributed by atoms with E-state index in [-0.39, 0.29) is 18.5 Å². The van der Waals surface area contributed by atoms with E-state index in [0.717, 1.165) is 11.6 Å². The topological polar surface area (TPSA) is 108 Å². The summed E-state index contributed by atoms with van der Waals surface area (Å²) in [6.07, 6.45) is 5.48. The van der Waals surface area contributed by atoms with E-state index in [4.69, 9.17) is 0 Å². The highest BCUT2D eigenvalue weighted by atomic mass is 32.2. The van der Waals surface area contributed by atoms with E-state index in [1.54, 1.807) is 36.8 Å². The normalized spacial score (nSPS) is 12.1. The van der Waals surface area contributed by atoms with Crippen LogP contribution in [0.4, 0.5) is 8.78 Å². The molecular formula is C23H17F2N4O3S-. The highest BCUT2D eigenvalue weighted by Crippen LogP contribution is 2.23. The molecule has 1 unspecified atom stereocenters. The van der Waals surface area contributed by atoms with Crippen molar-refractivity contribution in [2.24, 2.45) is 0 Å². The summed E-state index contributed by atoms with van der Waals surface area (Å²) in [5.41, 5.74) is 2.49. The summed E-state index contributed by atoms with van der Waals surface area (Å²) in [6.45, 7) is 0.140. The molecule has 2 aromatic carbocycles. The van der Waals surface area contributed by atoms with Gasteiger partial charge in [0.15, 0.2) is 17.4 Å². The van der Waals surface area contributed by atoms with Crippen molar-refractivity contribution >= 4 is 28.1 Å². The molecule has 0 saturated carbocycles. The molecule has 7 nitrogen and oxygen atoms in total. The molecule has 0 radical (unpaired) electrons. The van der Waals surface area contributed by atoms with Gasteiger partial charge in [0.2, 0.25) is 0 Å². The molecule has 4 rings (SSSR count). The first kappa shape index (κ1) is 22.7. The molecule has 2 aromatic heterocycles. The molecular weight excluding hydrogens is 450 g/mol. The Bertz CT molecular complexity index is 1350. The van der Waals surface area contributed by atoms with Gasteiger partial charge in [-0.25, -0.2) is 18.5 Å². The number of rotatable bonds is 8. The molecule has 4 aromatic rings. The number of carbonyl (C=O) groups is 1. The second-order valence-corrected chi connectivity index (χ2v) is 7.95. The molecule has 33 heavy (non-hydrogen) atoms. The van der Waals surface area contributed by atoms with Crippen molar-refractivity contribution in [2.75, 3.05) is 6.54 Å². The molecule has 1 atom stereocenters. The van der Waals surface area contributed by atoms with Crippen molar-refractivity contribution in [3.8, 4) is 11.3 Å². The van der Waals surface area contributed by atoms with Crippen LogP contribution in [0.25, 0.3) is 22.3 Å². The Hall–Kier alpha value is -3.47.